The Balaban J connectivity index is 2.86. The van der Waals surface area contributed by atoms with Gasteiger partial charge in [0.1, 0.15) is 10.6 Å². The summed E-state index contributed by atoms with van der Waals surface area (Å²) in [6.45, 7) is 3.04. The van der Waals surface area contributed by atoms with Crippen LogP contribution in [0.3, 0.4) is 0 Å². The maximum absolute atomic E-state index is 12.0. The van der Waals surface area contributed by atoms with Crippen molar-refractivity contribution in [3.05, 3.63) is 18.0 Å². The maximum atomic E-state index is 12.0. The molecule has 0 fully saturated rings. The zero-order valence-corrected chi connectivity index (χ0v) is 13.2. The highest BCUT2D eigenvalue weighted by Crippen LogP contribution is 2.14. The van der Waals surface area contributed by atoms with Crippen LogP contribution >= 0.6 is 0 Å². The Kier molecular flexibility index (Phi) is 6.86. The van der Waals surface area contributed by atoms with Gasteiger partial charge in [0.25, 0.3) is 0 Å². The zero-order valence-electron chi connectivity index (χ0n) is 12.4. The van der Waals surface area contributed by atoms with Crippen LogP contribution in [0.4, 0.5) is 0 Å². The number of rotatable bonds is 9. The molecule has 0 unspecified atom stereocenters. The Morgan fingerprint density at radius 2 is 2.05 bits per heavy atom. The van der Waals surface area contributed by atoms with Crippen molar-refractivity contribution in [2.45, 2.75) is 37.6 Å². The molecule has 21 heavy (non-hydrogen) atoms. The second-order valence-electron chi connectivity index (χ2n) is 4.64. The Morgan fingerprint density at radius 1 is 1.33 bits per heavy atom. The summed E-state index contributed by atoms with van der Waals surface area (Å²) in [5, 5.41) is 5.08. The molecule has 1 rings (SSSR count). The summed E-state index contributed by atoms with van der Waals surface area (Å²) in [7, 11) is -2.34. The topological polar surface area (TPSA) is 101 Å². The number of carbonyl (C=O) groups is 1. The van der Waals surface area contributed by atoms with Crippen LogP contribution < -0.4 is 5.14 Å². The van der Waals surface area contributed by atoms with Gasteiger partial charge in [0.15, 0.2) is 0 Å². The van der Waals surface area contributed by atoms with E-state index >= 15 is 0 Å². The fourth-order valence-electron chi connectivity index (χ4n) is 1.78. The molecule has 1 aromatic heterocycles. The molecule has 0 aromatic carbocycles. The van der Waals surface area contributed by atoms with Gasteiger partial charge in [-0.1, -0.05) is 19.8 Å². The van der Waals surface area contributed by atoms with E-state index in [2.05, 4.69) is 6.92 Å². The molecule has 0 amide bonds. The number of esters is 1. The fourth-order valence-corrected chi connectivity index (χ4v) is 2.33. The first-order valence-electron chi connectivity index (χ1n) is 6.79. The van der Waals surface area contributed by atoms with Gasteiger partial charge in [-0.05, 0) is 12.5 Å². The third kappa shape index (κ3) is 5.49. The minimum atomic E-state index is -3.86. The van der Waals surface area contributed by atoms with E-state index in [0.29, 0.717) is 19.8 Å². The number of methoxy groups -OCH3 is 1. The average molecular weight is 318 g/mol. The van der Waals surface area contributed by atoms with E-state index in [-0.39, 0.29) is 10.6 Å². The molecule has 8 heteroatoms. The number of aromatic nitrogens is 1. The van der Waals surface area contributed by atoms with Crippen molar-refractivity contribution < 1.29 is 22.7 Å². The molecule has 0 bridgehead atoms. The fraction of sp³-hybridized carbons (Fsp3) is 0.615. The summed E-state index contributed by atoms with van der Waals surface area (Å²) in [5.74, 6) is -0.558. The lowest BCUT2D eigenvalue weighted by Crippen LogP contribution is -2.14. The molecule has 0 atom stereocenters. The van der Waals surface area contributed by atoms with E-state index in [1.807, 2.05) is 0 Å². The van der Waals surface area contributed by atoms with Crippen molar-refractivity contribution in [2.24, 2.45) is 5.14 Å². The molecule has 0 radical (unpaired) electrons. The molecule has 0 saturated carbocycles. The molecule has 1 aromatic rings. The van der Waals surface area contributed by atoms with Gasteiger partial charge in [-0.3, -0.25) is 0 Å². The van der Waals surface area contributed by atoms with Crippen molar-refractivity contribution in [3.63, 3.8) is 0 Å². The van der Waals surface area contributed by atoms with Gasteiger partial charge in [-0.25, -0.2) is 18.4 Å². The number of unbranched alkanes of at least 4 members (excludes halogenated alkanes) is 2. The third-order valence-corrected chi connectivity index (χ3v) is 3.81. The number of primary sulfonamides is 1. The number of hydrogen-bond acceptors (Lipinski definition) is 5. The van der Waals surface area contributed by atoms with Crippen LogP contribution in [-0.4, -0.2) is 39.3 Å². The highest BCUT2D eigenvalue weighted by atomic mass is 32.2. The van der Waals surface area contributed by atoms with Gasteiger partial charge in [-0.15, -0.1) is 0 Å². The van der Waals surface area contributed by atoms with E-state index in [1.54, 1.807) is 0 Å². The van der Waals surface area contributed by atoms with Crippen LogP contribution in [-0.2, 0) is 26.0 Å². The van der Waals surface area contributed by atoms with Crippen LogP contribution in [0, 0.1) is 0 Å². The lowest BCUT2D eigenvalue weighted by Gasteiger charge is -2.08. The van der Waals surface area contributed by atoms with Crippen molar-refractivity contribution in [1.82, 2.24) is 4.57 Å². The monoisotopic (exact) mass is 318 g/mol. The first-order chi connectivity index (χ1) is 9.90. The Hall–Kier alpha value is -1.38. The summed E-state index contributed by atoms with van der Waals surface area (Å²) in [6.07, 6.45) is 4.10. The third-order valence-electron chi connectivity index (χ3n) is 2.93. The van der Waals surface area contributed by atoms with E-state index in [9.17, 15) is 13.2 Å². The number of sulfonamides is 1. The van der Waals surface area contributed by atoms with Crippen LogP contribution in [0.15, 0.2) is 17.2 Å². The predicted octanol–water partition coefficient (Wildman–Crippen LogP) is 1.13. The number of nitrogens with zero attached hydrogens (tertiary/aromatic N) is 1. The van der Waals surface area contributed by atoms with Crippen molar-refractivity contribution in [1.29, 1.82) is 0 Å². The average Bonchev–Trinajstić information content (AvgIpc) is 2.85. The first kappa shape index (κ1) is 17.7. The van der Waals surface area contributed by atoms with Crippen molar-refractivity contribution >= 4 is 16.0 Å². The molecular weight excluding hydrogens is 296 g/mol. The molecule has 7 nitrogen and oxygen atoms in total. The Morgan fingerprint density at radius 3 is 2.62 bits per heavy atom. The first-order valence-corrected chi connectivity index (χ1v) is 8.33. The summed E-state index contributed by atoms with van der Waals surface area (Å²) in [6, 6.07) is 1.23. The lowest BCUT2D eigenvalue weighted by atomic mass is 10.3. The van der Waals surface area contributed by atoms with Crippen LogP contribution in [0.5, 0.6) is 0 Å². The SMILES string of the molecule is CCCCCOC(=O)c1cc(S(N)(=O)=O)cn1CCOC. The smallest absolute Gasteiger partial charge is 0.354 e. The quantitative estimate of drug-likeness (QED) is 0.543. The molecule has 0 aliphatic carbocycles. The van der Waals surface area contributed by atoms with E-state index < -0.39 is 16.0 Å². The van der Waals surface area contributed by atoms with Crippen LogP contribution in [0.25, 0.3) is 0 Å². The predicted molar refractivity (Wildman–Crippen MR) is 77.5 cm³/mol. The van der Waals surface area contributed by atoms with Gasteiger partial charge in [0.2, 0.25) is 10.0 Å². The molecule has 1 heterocycles. The minimum absolute atomic E-state index is 0.112. The van der Waals surface area contributed by atoms with Gasteiger partial charge in [-0.2, -0.15) is 0 Å². The molecule has 0 aliphatic heterocycles. The second kappa shape index (κ2) is 8.16. The van der Waals surface area contributed by atoms with E-state index in [4.69, 9.17) is 14.6 Å². The standard InChI is InChI=1S/C13H22N2O5S/c1-3-4-5-7-20-13(16)12-9-11(21(14,17)18)10-15(12)6-8-19-2/h9-10H,3-8H2,1-2H3,(H2,14,17,18). The highest BCUT2D eigenvalue weighted by molar-refractivity contribution is 7.89. The van der Waals surface area contributed by atoms with E-state index in [1.165, 1.54) is 23.9 Å². The minimum Gasteiger partial charge on any atom is -0.461 e. The van der Waals surface area contributed by atoms with Gasteiger partial charge in [0.05, 0.1) is 13.2 Å². The summed E-state index contributed by atoms with van der Waals surface area (Å²) >= 11 is 0. The maximum Gasteiger partial charge on any atom is 0.354 e. The molecule has 0 saturated heterocycles. The number of ether oxygens (including phenoxy) is 2. The highest BCUT2D eigenvalue weighted by Gasteiger charge is 2.19. The van der Waals surface area contributed by atoms with E-state index in [0.717, 1.165) is 19.3 Å². The Labute approximate surface area is 125 Å². The van der Waals surface area contributed by atoms with Gasteiger partial charge < -0.3 is 14.0 Å². The molecule has 2 N–H and O–H groups in total. The Bertz CT molecular complexity index is 565. The largest absolute Gasteiger partial charge is 0.461 e. The van der Waals surface area contributed by atoms with Crippen molar-refractivity contribution in [2.75, 3.05) is 20.3 Å². The molecule has 120 valence electrons. The molecular formula is C13H22N2O5S. The summed E-state index contributed by atoms with van der Waals surface area (Å²) < 4.78 is 34.3. The van der Waals surface area contributed by atoms with Gasteiger partial charge in [0, 0.05) is 19.9 Å². The number of carbonyl (C=O) groups excluding carboxylic acids is 1. The summed E-state index contributed by atoms with van der Waals surface area (Å²) in [4.78, 5) is 11.9. The lowest BCUT2D eigenvalue weighted by molar-refractivity contribution is 0.0483. The van der Waals surface area contributed by atoms with Gasteiger partial charge >= 0.3 is 5.97 Å². The number of hydrogen-bond donors (Lipinski definition) is 1. The second-order valence-corrected chi connectivity index (χ2v) is 6.20. The van der Waals surface area contributed by atoms with Crippen LogP contribution in [0.2, 0.25) is 0 Å². The molecule has 0 aliphatic rings. The zero-order chi connectivity index (χ0) is 15.9. The normalized spacial score (nSPS) is 11.6. The van der Waals surface area contributed by atoms with Crippen molar-refractivity contribution in [3.8, 4) is 0 Å². The number of nitrogens with two attached hydrogens (primary N) is 1. The molecule has 0 spiro atoms. The van der Waals surface area contributed by atoms with Crippen LogP contribution in [0.1, 0.15) is 36.7 Å². The summed E-state index contributed by atoms with van der Waals surface area (Å²) in [5.41, 5.74) is 0.160.